The van der Waals surface area contributed by atoms with Gasteiger partial charge in [0.05, 0.1) is 12.0 Å². The van der Waals surface area contributed by atoms with E-state index in [2.05, 4.69) is 9.62 Å². The van der Waals surface area contributed by atoms with Gasteiger partial charge in [0.25, 0.3) is 15.9 Å². The molecule has 8 heteroatoms. The summed E-state index contributed by atoms with van der Waals surface area (Å²) in [6.45, 7) is 6.48. The van der Waals surface area contributed by atoms with Crippen LogP contribution in [0.5, 0.6) is 5.75 Å². The van der Waals surface area contributed by atoms with E-state index in [0.717, 1.165) is 35.5 Å². The molecular formula is C27H31N3O4S. The van der Waals surface area contributed by atoms with Crippen LogP contribution < -0.4 is 14.4 Å². The number of amides is 1. The average Bonchev–Trinajstić information content (AvgIpc) is 3.11. The van der Waals surface area contributed by atoms with E-state index in [0.29, 0.717) is 30.9 Å². The number of nitrogens with one attached hydrogen (secondary N) is 1. The Morgan fingerprint density at radius 3 is 2.29 bits per heavy atom. The molecule has 0 atom stereocenters. The van der Waals surface area contributed by atoms with E-state index >= 15 is 0 Å². The zero-order chi connectivity index (χ0) is 25.0. The molecule has 1 fully saturated rings. The van der Waals surface area contributed by atoms with Crippen LogP contribution in [0.15, 0.2) is 71.6 Å². The molecule has 1 amide bonds. The summed E-state index contributed by atoms with van der Waals surface area (Å²) in [7, 11) is -2.18. The molecule has 1 saturated heterocycles. The highest BCUT2D eigenvalue weighted by molar-refractivity contribution is 7.92. The van der Waals surface area contributed by atoms with Crippen molar-refractivity contribution in [2.45, 2.75) is 25.2 Å². The van der Waals surface area contributed by atoms with Gasteiger partial charge in [-0.05, 0) is 74.4 Å². The van der Waals surface area contributed by atoms with Crippen molar-refractivity contribution in [1.82, 2.24) is 4.90 Å². The number of sulfonamides is 1. The molecule has 0 aliphatic carbocycles. The number of hydrogen-bond acceptors (Lipinski definition) is 5. The van der Waals surface area contributed by atoms with Crippen molar-refractivity contribution >= 4 is 27.3 Å². The molecule has 1 aliphatic rings. The van der Waals surface area contributed by atoms with Crippen LogP contribution in [0.1, 0.15) is 27.9 Å². The Labute approximate surface area is 207 Å². The number of rotatable bonds is 6. The monoisotopic (exact) mass is 493 g/mol. The molecule has 0 spiro atoms. The van der Waals surface area contributed by atoms with Crippen molar-refractivity contribution in [2.75, 3.05) is 42.9 Å². The number of ether oxygens (including phenoxy) is 1. The minimum Gasteiger partial charge on any atom is -0.497 e. The predicted octanol–water partition coefficient (Wildman–Crippen LogP) is 4.47. The maximum Gasteiger partial charge on any atom is 0.261 e. The molecule has 4 rings (SSSR count). The first-order chi connectivity index (χ1) is 16.8. The Hall–Kier alpha value is -3.52. The van der Waals surface area contributed by atoms with E-state index in [-0.39, 0.29) is 10.8 Å². The fourth-order valence-electron chi connectivity index (χ4n) is 4.18. The van der Waals surface area contributed by atoms with Crippen molar-refractivity contribution in [3.63, 3.8) is 0 Å². The zero-order valence-corrected chi connectivity index (χ0v) is 21.1. The van der Waals surface area contributed by atoms with Gasteiger partial charge in [-0.3, -0.25) is 9.52 Å². The molecule has 3 aromatic rings. The average molecular weight is 494 g/mol. The van der Waals surface area contributed by atoms with Crippen LogP contribution >= 0.6 is 0 Å². The number of anilines is 2. The normalized spacial score (nSPS) is 14.4. The second-order valence-electron chi connectivity index (χ2n) is 8.78. The standard InChI is InChI=1S/C27H31N3O4S/c1-20-5-8-22(9-6-20)28-35(32,33)25-14-7-21(2)26(19-25)27(31)30-16-4-15-29(17-18-30)23-10-12-24(34-3)13-11-23/h5-14,19,28H,4,15-18H2,1-3H3. The number of hydrogen-bond donors (Lipinski definition) is 1. The van der Waals surface area contributed by atoms with E-state index in [1.165, 1.54) is 12.1 Å². The van der Waals surface area contributed by atoms with E-state index < -0.39 is 10.0 Å². The summed E-state index contributed by atoms with van der Waals surface area (Å²) in [5.41, 5.74) is 3.77. The number of aryl methyl sites for hydroxylation is 2. The first kappa shape index (κ1) is 24.6. The van der Waals surface area contributed by atoms with Crippen LogP contribution in [0.4, 0.5) is 11.4 Å². The third-order valence-electron chi connectivity index (χ3n) is 6.27. The van der Waals surface area contributed by atoms with E-state index in [1.54, 1.807) is 25.3 Å². The first-order valence-electron chi connectivity index (χ1n) is 11.7. The van der Waals surface area contributed by atoms with E-state index in [9.17, 15) is 13.2 Å². The molecule has 7 nitrogen and oxygen atoms in total. The number of nitrogens with zero attached hydrogens (tertiary/aromatic N) is 2. The Bertz CT molecular complexity index is 1290. The van der Waals surface area contributed by atoms with Gasteiger partial charge >= 0.3 is 0 Å². The summed E-state index contributed by atoms with van der Waals surface area (Å²) in [5, 5.41) is 0. The molecule has 0 aromatic heterocycles. The minimum absolute atomic E-state index is 0.0710. The van der Waals surface area contributed by atoms with Crippen molar-refractivity contribution in [1.29, 1.82) is 0 Å². The zero-order valence-electron chi connectivity index (χ0n) is 20.3. The molecule has 0 radical (unpaired) electrons. The topological polar surface area (TPSA) is 79.0 Å². The summed E-state index contributed by atoms with van der Waals surface area (Å²) < 4.78 is 33.8. The highest BCUT2D eigenvalue weighted by Crippen LogP contribution is 2.23. The molecule has 1 aliphatic heterocycles. The third-order valence-corrected chi connectivity index (χ3v) is 7.65. The van der Waals surface area contributed by atoms with Gasteiger partial charge in [-0.2, -0.15) is 0 Å². The van der Waals surface area contributed by atoms with Gasteiger partial charge in [-0.25, -0.2) is 8.42 Å². The van der Waals surface area contributed by atoms with E-state index in [1.807, 2.05) is 55.1 Å². The van der Waals surface area contributed by atoms with Gasteiger partial charge in [0.2, 0.25) is 0 Å². The van der Waals surface area contributed by atoms with Crippen molar-refractivity contribution in [3.05, 3.63) is 83.4 Å². The molecule has 1 heterocycles. The summed E-state index contributed by atoms with van der Waals surface area (Å²) >= 11 is 0. The minimum atomic E-state index is -3.83. The Kier molecular flexibility index (Phi) is 7.31. The second-order valence-corrected chi connectivity index (χ2v) is 10.5. The lowest BCUT2D eigenvalue weighted by molar-refractivity contribution is 0.0766. The summed E-state index contributed by atoms with van der Waals surface area (Å²) in [6.07, 6.45) is 0.823. The fourth-order valence-corrected chi connectivity index (χ4v) is 5.26. The second kappa shape index (κ2) is 10.4. The van der Waals surface area contributed by atoms with Crippen LogP contribution in [-0.4, -0.2) is 52.5 Å². The first-order valence-corrected chi connectivity index (χ1v) is 13.1. The van der Waals surface area contributed by atoms with Gasteiger partial charge in [0.15, 0.2) is 0 Å². The van der Waals surface area contributed by atoms with E-state index in [4.69, 9.17) is 4.74 Å². The number of benzene rings is 3. The third kappa shape index (κ3) is 5.77. The number of carbonyl (C=O) groups is 1. The van der Waals surface area contributed by atoms with Gasteiger partial charge in [0.1, 0.15) is 5.75 Å². The predicted molar refractivity (Wildman–Crippen MR) is 139 cm³/mol. The smallest absolute Gasteiger partial charge is 0.261 e. The SMILES string of the molecule is COc1ccc(N2CCCN(C(=O)c3cc(S(=O)(=O)Nc4ccc(C)cc4)ccc3C)CC2)cc1. The molecule has 0 unspecified atom stereocenters. The van der Waals surface area contributed by atoms with Gasteiger partial charge in [-0.1, -0.05) is 23.8 Å². The quantitative estimate of drug-likeness (QED) is 0.548. The molecule has 0 saturated carbocycles. The van der Waals surface area contributed by atoms with Gasteiger partial charge in [-0.15, -0.1) is 0 Å². The lowest BCUT2D eigenvalue weighted by Crippen LogP contribution is -2.35. The Balaban J connectivity index is 1.49. The van der Waals surface area contributed by atoms with Crippen LogP contribution in [-0.2, 0) is 10.0 Å². The van der Waals surface area contributed by atoms with Crippen molar-refractivity contribution < 1.29 is 17.9 Å². The van der Waals surface area contributed by atoms with Gasteiger partial charge in [0, 0.05) is 43.1 Å². The Morgan fingerprint density at radius 1 is 0.886 bits per heavy atom. The van der Waals surface area contributed by atoms with Crippen LogP contribution in [0, 0.1) is 13.8 Å². The van der Waals surface area contributed by atoms with Gasteiger partial charge < -0.3 is 14.5 Å². The van der Waals surface area contributed by atoms with Crippen molar-refractivity contribution in [3.8, 4) is 5.75 Å². The lowest BCUT2D eigenvalue weighted by atomic mass is 10.1. The molecule has 0 bridgehead atoms. The van der Waals surface area contributed by atoms with Crippen molar-refractivity contribution in [2.24, 2.45) is 0 Å². The number of carbonyl (C=O) groups excluding carboxylic acids is 1. The molecule has 1 N–H and O–H groups in total. The fraction of sp³-hybridized carbons (Fsp3) is 0.296. The largest absolute Gasteiger partial charge is 0.497 e. The van der Waals surface area contributed by atoms with Crippen LogP contribution in [0.25, 0.3) is 0 Å². The molecule has 3 aromatic carbocycles. The number of methoxy groups -OCH3 is 1. The molecular weight excluding hydrogens is 462 g/mol. The molecule has 184 valence electrons. The molecule has 35 heavy (non-hydrogen) atoms. The van der Waals surface area contributed by atoms with Crippen LogP contribution in [0.3, 0.4) is 0 Å². The lowest BCUT2D eigenvalue weighted by Gasteiger charge is -2.24. The highest BCUT2D eigenvalue weighted by Gasteiger charge is 2.24. The summed E-state index contributed by atoms with van der Waals surface area (Å²) in [6, 6.07) is 19.8. The maximum atomic E-state index is 13.5. The maximum absolute atomic E-state index is 13.5. The summed E-state index contributed by atoms with van der Waals surface area (Å²) in [4.78, 5) is 17.6. The Morgan fingerprint density at radius 2 is 1.60 bits per heavy atom. The summed E-state index contributed by atoms with van der Waals surface area (Å²) in [5.74, 6) is 0.661. The van der Waals surface area contributed by atoms with Crippen LogP contribution in [0.2, 0.25) is 0 Å². The highest BCUT2D eigenvalue weighted by atomic mass is 32.2.